The van der Waals surface area contributed by atoms with Crippen LogP contribution >= 0.6 is 0 Å². The number of aliphatic hydroxyl groups excluding tert-OH is 1. The van der Waals surface area contributed by atoms with Crippen LogP contribution in [0, 0.1) is 12.3 Å². The highest BCUT2D eigenvalue weighted by atomic mass is 16.3. The topological polar surface area (TPSA) is 52.5 Å². The van der Waals surface area contributed by atoms with Gasteiger partial charge in [0, 0.05) is 36.3 Å². The van der Waals surface area contributed by atoms with Gasteiger partial charge in [0.2, 0.25) is 0 Å². The number of rotatable bonds is 3. The van der Waals surface area contributed by atoms with Gasteiger partial charge in [0.15, 0.2) is 0 Å². The Labute approximate surface area is 133 Å². The summed E-state index contributed by atoms with van der Waals surface area (Å²) in [5.74, 6) is 1.90. The fourth-order valence-electron chi connectivity index (χ4n) is 4.18. The monoisotopic (exact) mass is 304 g/mol. The first-order chi connectivity index (χ1) is 10.6. The molecule has 5 heteroatoms. The van der Waals surface area contributed by atoms with Gasteiger partial charge in [-0.15, -0.1) is 0 Å². The molecule has 2 aliphatic heterocycles. The normalized spacial score (nSPS) is 29.5. The minimum Gasteiger partial charge on any atom is -0.396 e. The van der Waals surface area contributed by atoms with Crippen molar-refractivity contribution in [1.82, 2.24) is 14.9 Å². The smallest absolute Gasteiger partial charge is 0.132 e. The first kappa shape index (κ1) is 15.7. The second-order valence-electron chi connectivity index (χ2n) is 6.93. The van der Waals surface area contributed by atoms with Crippen molar-refractivity contribution in [2.75, 3.05) is 38.2 Å². The SMILES string of the molecule is CCc1cc(N2CC[C@@]3(CO)CCCN(C)[C@@H]3C2)nc(C)n1. The predicted molar refractivity (Wildman–Crippen MR) is 88.1 cm³/mol. The van der Waals surface area contributed by atoms with E-state index in [4.69, 9.17) is 0 Å². The third-order valence-corrected chi connectivity index (χ3v) is 5.58. The minimum absolute atomic E-state index is 0.0825. The molecule has 5 nitrogen and oxygen atoms in total. The number of aromatic nitrogens is 2. The van der Waals surface area contributed by atoms with Gasteiger partial charge in [0.25, 0.3) is 0 Å². The largest absolute Gasteiger partial charge is 0.396 e. The van der Waals surface area contributed by atoms with Crippen molar-refractivity contribution in [3.63, 3.8) is 0 Å². The van der Waals surface area contributed by atoms with Gasteiger partial charge in [-0.1, -0.05) is 6.92 Å². The molecular formula is C17H28N4O. The van der Waals surface area contributed by atoms with Gasteiger partial charge >= 0.3 is 0 Å². The lowest BCUT2D eigenvalue weighted by molar-refractivity contribution is -0.0277. The van der Waals surface area contributed by atoms with Crippen LogP contribution in [0.5, 0.6) is 0 Å². The average Bonchev–Trinajstić information content (AvgIpc) is 2.54. The second-order valence-corrected chi connectivity index (χ2v) is 6.93. The Balaban J connectivity index is 1.85. The van der Waals surface area contributed by atoms with Gasteiger partial charge in [0.05, 0.1) is 6.61 Å². The molecule has 3 rings (SSSR count). The second kappa shape index (κ2) is 6.13. The van der Waals surface area contributed by atoms with Gasteiger partial charge in [-0.05, 0) is 46.2 Å². The highest BCUT2D eigenvalue weighted by Crippen LogP contribution is 2.42. The summed E-state index contributed by atoms with van der Waals surface area (Å²) in [6, 6.07) is 2.54. The zero-order valence-electron chi connectivity index (χ0n) is 14.0. The van der Waals surface area contributed by atoms with E-state index in [1.165, 1.54) is 6.42 Å². The Hall–Kier alpha value is -1.20. The Morgan fingerprint density at radius 3 is 2.86 bits per heavy atom. The minimum atomic E-state index is 0.0825. The van der Waals surface area contributed by atoms with Crippen molar-refractivity contribution >= 4 is 5.82 Å². The van der Waals surface area contributed by atoms with Crippen molar-refractivity contribution in [1.29, 1.82) is 0 Å². The maximum absolute atomic E-state index is 10.0. The van der Waals surface area contributed by atoms with Crippen molar-refractivity contribution < 1.29 is 5.11 Å². The van der Waals surface area contributed by atoms with Gasteiger partial charge in [-0.2, -0.15) is 0 Å². The van der Waals surface area contributed by atoms with Crippen LogP contribution in [-0.4, -0.2) is 59.3 Å². The summed E-state index contributed by atoms with van der Waals surface area (Å²) in [5, 5.41) is 10.0. The summed E-state index contributed by atoms with van der Waals surface area (Å²) in [4.78, 5) is 14.0. The summed E-state index contributed by atoms with van der Waals surface area (Å²) in [6.45, 7) is 7.47. The number of hydrogen-bond acceptors (Lipinski definition) is 5. The molecule has 0 saturated carbocycles. The average molecular weight is 304 g/mol. The Morgan fingerprint density at radius 2 is 2.14 bits per heavy atom. The molecule has 0 radical (unpaired) electrons. The molecule has 22 heavy (non-hydrogen) atoms. The number of likely N-dealkylation sites (tertiary alicyclic amines) is 1. The van der Waals surface area contributed by atoms with E-state index in [1.54, 1.807) is 0 Å². The van der Waals surface area contributed by atoms with Gasteiger partial charge in [-0.25, -0.2) is 9.97 Å². The zero-order valence-corrected chi connectivity index (χ0v) is 14.0. The predicted octanol–water partition coefficient (Wildman–Crippen LogP) is 1.63. The number of piperidine rings is 2. The molecule has 1 aromatic heterocycles. The quantitative estimate of drug-likeness (QED) is 0.920. The van der Waals surface area contributed by atoms with E-state index < -0.39 is 0 Å². The van der Waals surface area contributed by atoms with E-state index in [2.05, 4.69) is 39.8 Å². The number of likely N-dealkylation sites (N-methyl/N-ethyl adjacent to an activating group) is 1. The highest BCUT2D eigenvalue weighted by molar-refractivity contribution is 5.41. The van der Waals surface area contributed by atoms with E-state index in [0.29, 0.717) is 12.6 Å². The van der Waals surface area contributed by atoms with Crippen LogP contribution in [-0.2, 0) is 6.42 Å². The molecule has 2 saturated heterocycles. The lowest BCUT2D eigenvalue weighted by Gasteiger charge is -2.53. The third kappa shape index (κ3) is 2.72. The molecule has 0 spiro atoms. The molecule has 0 aromatic carbocycles. The number of fused-ring (bicyclic) bond motifs is 1. The lowest BCUT2D eigenvalue weighted by atomic mass is 9.69. The van der Waals surface area contributed by atoms with E-state index in [-0.39, 0.29) is 5.41 Å². The summed E-state index contributed by atoms with van der Waals surface area (Å²) < 4.78 is 0. The van der Waals surface area contributed by atoms with Crippen LogP contribution in [0.3, 0.4) is 0 Å². The van der Waals surface area contributed by atoms with Crippen LogP contribution in [0.15, 0.2) is 6.07 Å². The molecule has 2 fully saturated rings. The maximum atomic E-state index is 10.0. The van der Waals surface area contributed by atoms with Crippen LogP contribution in [0.2, 0.25) is 0 Å². The van der Waals surface area contributed by atoms with Crippen molar-refractivity contribution in [3.05, 3.63) is 17.6 Å². The van der Waals surface area contributed by atoms with Crippen molar-refractivity contribution in [2.45, 2.75) is 45.6 Å². The molecule has 0 aliphatic carbocycles. The van der Waals surface area contributed by atoms with Crippen LogP contribution in [0.25, 0.3) is 0 Å². The number of nitrogens with zero attached hydrogens (tertiary/aromatic N) is 4. The molecule has 0 amide bonds. The molecular weight excluding hydrogens is 276 g/mol. The number of anilines is 1. The van der Waals surface area contributed by atoms with Crippen molar-refractivity contribution in [2.24, 2.45) is 5.41 Å². The summed E-state index contributed by atoms with van der Waals surface area (Å²) in [7, 11) is 2.19. The first-order valence-corrected chi connectivity index (χ1v) is 8.48. The highest BCUT2D eigenvalue weighted by Gasteiger charge is 2.46. The molecule has 1 N–H and O–H groups in total. The van der Waals surface area contributed by atoms with Gasteiger partial charge < -0.3 is 14.9 Å². The maximum Gasteiger partial charge on any atom is 0.132 e. The van der Waals surface area contributed by atoms with Crippen molar-refractivity contribution in [3.8, 4) is 0 Å². The van der Waals surface area contributed by atoms with E-state index in [1.807, 2.05) is 6.92 Å². The summed E-state index contributed by atoms with van der Waals surface area (Å²) >= 11 is 0. The van der Waals surface area contributed by atoms with Crippen LogP contribution < -0.4 is 4.90 Å². The number of aryl methyl sites for hydroxylation is 2. The number of aliphatic hydroxyl groups is 1. The van der Waals surface area contributed by atoms with Crippen LogP contribution in [0.1, 0.15) is 37.7 Å². The first-order valence-electron chi connectivity index (χ1n) is 8.48. The molecule has 3 heterocycles. The zero-order chi connectivity index (χ0) is 15.7. The summed E-state index contributed by atoms with van der Waals surface area (Å²) in [6.07, 6.45) is 4.33. The molecule has 2 aliphatic rings. The van der Waals surface area contributed by atoms with E-state index >= 15 is 0 Å². The Morgan fingerprint density at radius 1 is 1.32 bits per heavy atom. The molecule has 2 atom stereocenters. The molecule has 122 valence electrons. The fourth-order valence-corrected chi connectivity index (χ4v) is 4.18. The Bertz CT molecular complexity index is 535. The van der Waals surface area contributed by atoms with Gasteiger partial charge in [0.1, 0.15) is 11.6 Å². The fraction of sp³-hybridized carbons (Fsp3) is 0.765. The van der Waals surface area contributed by atoms with E-state index in [9.17, 15) is 5.11 Å². The lowest BCUT2D eigenvalue weighted by Crippen LogP contribution is -2.61. The Kier molecular flexibility index (Phi) is 4.37. The molecule has 1 aromatic rings. The standard InChI is InChI=1S/C17H28N4O/c1-4-14-10-16(19-13(2)18-14)21-9-7-17(12-22)6-5-8-20(3)15(17)11-21/h10,15,22H,4-9,11-12H2,1-3H3/t15-,17-/m1/s1. The van der Waals surface area contributed by atoms with Gasteiger partial charge in [-0.3, -0.25) is 0 Å². The van der Waals surface area contributed by atoms with E-state index in [0.717, 1.165) is 56.2 Å². The summed E-state index contributed by atoms with van der Waals surface area (Å²) in [5.41, 5.74) is 1.19. The van der Waals surface area contributed by atoms with Crippen LogP contribution in [0.4, 0.5) is 5.82 Å². The molecule has 0 bridgehead atoms. The molecule has 0 unspecified atom stereocenters. The number of hydrogen-bond donors (Lipinski definition) is 1. The third-order valence-electron chi connectivity index (χ3n) is 5.58.